The number of rotatable bonds is 6. The van der Waals surface area contributed by atoms with E-state index >= 15 is 0 Å². The van der Waals surface area contributed by atoms with Crippen molar-refractivity contribution in [3.8, 4) is 0 Å². The summed E-state index contributed by atoms with van der Waals surface area (Å²) in [5, 5.41) is 9.52. The van der Waals surface area contributed by atoms with E-state index in [9.17, 15) is 9.59 Å². The zero-order valence-electron chi connectivity index (χ0n) is 17.6. The Bertz CT molecular complexity index is 504. The predicted molar refractivity (Wildman–Crippen MR) is 119 cm³/mol. The molecule has 0 aromatic carbocycles. The normalized spacial score (nSPS) is 20.5. The van der Waals surface area contributed by atoms with E-state index in [2.05, 4.69) is 20.9 Å². The lowest BCUT2D eigenvalue weighted by atomic mass is 9.85. The summed E-state index contributed by atoms with van der Waals surface area (Å²) in [5.41, 5.74) is -0.515. The Balaban J connectivity index is 0.00000676. The molecule has 0 aromatic heterocycles. The molecule has 2 atom stereocenters. The summed E-state index contributed by atoms with van der Waals surface area (Å²) in [4.78, 5) is 28.5. The minimum atomic E-state index is -0.515. The molecule has 0 aliphatic heterocycles. The van der Waals surface area contributed by atoms with Crippen LogP contribution in [0.15, 0.2) is 4.99 Å². The highest BCUT2D eigenvalue weighted by Crippen LogP contribution is 2.24. The van der Waals surface area contributed by atoms with Crippen molar-refractivity contribution < 1.29 is 14.3 Å². The van der Waals surface area contributed by atoms with E-state index in [-0.39, 0.29) is 60.4 Å². The minimum Gasteiger partial charge on any atom is -0.459 e. The average molecular weight is 496 g/mol. The lowest BCUT2D eigenvalue weighted by Gasteiger charge is -2.30. The molecule has 0 aromatic rings. The maximum atomic E-state index is 12.3. The van der Waals surface area contributed by atoms with Gasteiger partial charge in [0.2, 0.25) is 5.91 Å². The first-order valence-electron chi connectivity index (χ1n) is 9.67. The summed E-state index contributed by atoms with van der Waals surface area (Å²) < 4.78 is 5.29. The van der Waals surface area contributed by atoms with Crippen molar-refractivity contribution >= 4 is 41.8 Å². The van der Waals surface area contributed by atoms with Crippen LogP contribution < -0.4 is 16.0 Å². The Hall–Kier alpha value is -1.06. The second-order valence-electron chi connectivity index (χ2n) is 8.15. The Morgan fingerprint density at radius 3 is 2.44 bits per heavy atom. The molecule has 7 nitrogen and oxygen atoms in total. The Labute approximate surface area is 180 Å². The third kappa shape index (κ3) is 11.4. The van der Waals surface area contributed by atoms with Crippen LogP contribution in [0.4, 0.5) is 0 Å². The van der Waals surface area contributed by atoms with Gasteiger partial charge in [-0.05, 0) is 60.8 Å². The number of guanidine groups is 1. The number of hydrogen-bond acceptors (Lipinski definition) is 4. The molecular formula is C19H37IN4O3. The van der Waals surface area contributed by atoms with Crippen LogP contribution in [0.25, 0.3) is 0 Å². The fourth-order valence-electron chi connectivity index (χ4n) is 2.99. The van der Waals surface area contributed by atoms with Gasteiger partial charge in [0, 0.05) is 24.5 Å². The fraction of sp³-hybridized carbons (Fsp3) is 0.842. The molecule has 158 valence electrons. The summed E-state index contributed by atoms with van der Waals surface area (Å²) >= 11 is 0. The maximum Gasteiger partial charge on any atom is 0.328 e. The zero-order chi connectivity index (χ0) is 19.7. The van der Waals surface area contributed by atoms with E-state index in [0.29, 0.717) is 12.5 Å². The smallest absolute Gasteiger partial charge is 0.328 e. The molecule has 1 fully saturated rings. The van der Waals surface area contributed by atoms with Crippen molar-refractivity contribution in [2.45, 2.75) is 84.9 Å². The van der Waals surface area contributed by atoms with Crippen LogP contribution in [-0.2, 0) is 14.3 Å². The van der Waals surface area contributed by atoms with E-state index in [1.165, 1.54) is 0 Å². The number of hydrogen-bond donors (Lipinski definition) is 3. The van der Waals surface area contributed by atoms with Gasteiger partial charge in [-0.1, -0.05) is 6.42 Å². The molecule has 1 aliphatic rings. The summed E-state index contributed by atoms with van der Waals surface area (Å²) in [6, 6.07) is 0.326. The SMILES string of the molecule is CCNC(=NCC(=O)OC(C)(C)C)NC1CCCC(C(=O)NC(C)C)C1.I. The van der Waals surface area contributed by atoms with Crippen LogP contribution in [0.1, 0.15) is 67.2 Å². The Kier molecular flexibility index (Phi) is 11.9. The third-order valence-electron chi connectivity index (χ3n) is 3.95. The number of aliphatic imine (C=N–C) groups is 1. The van der Waals surface area contributed by atoms with Gasteiger partial charge in [-0.2, -0.15) is 0 Å². The van der Waals surface area contributed by atoms with Crippen molar-refractivity contribution in [1.82, 2.24) is 16.0 Å². The van der Waals surface area contributed by atoms with Crippen LogP contribution in [-0.4, -0.2) is 48.6 Å². The number of nitrogens with one attached hydrogen (secondary N) is 3. The fourth-order valence-corrected chi connectivity index (χ4v) is 2.99. The van der Waals surface area contributed by atoms with Gasteiger partial charge in [0.05, 0.1) is 0 Å². The van der Waals surface area contributed by atoms with Crippen LogP contribution in [0.3, 0.4) is 0 Å². The molecule has 2 unspecified atom stereocenters. The van der Waals surface area contributed by atoms with Gasteiger partial charge in [-0.3, -0.25) is 9.59 Å². The summed E-state index contributed by atoms with van der Waals surface area (Å²) in [6.45, 7) is 12.1. The molecule has 1 aliphatic carbocycles. The van der Waals surface area contributed by atoms with Crippen molar-refractivity contribution in [1.29, 1.82) is 0 Å². The highest BCUT2D eigenvalue weighted by molar-refractivity contribution is 14.0. The molecule has 8 heteroatoms. The molecule has 1 amide bonds. The van der Waals surface area contributed by atoms with E-state index in [0.717, 1.165) is 25.7 Å². The monoisotopic (exact) mass is 496 g/mol. The quantitative estimate of drug-likeness (QED) is 0.228. The van der Waals surface area contributed by atoms with Crippen LogP contribution >= 0.6 is 24.0 Å². The number of ether oxygens (including phenoxy) is 1. The standard InChI is InChI=1S/C19H36N4O3.HI/c1-7-20-18(21-12-16(24)26-19(4,5)6)23-15-10-8-9-14(11-15)17(25)22-13(2)3;/h13-15H,7-12H2,1-6H3,(H,22,25)(H2,20,21,23);1H. The second-order valence-corrected chi connectivity index (χ2v) is 8.15. The molecule has 0 heterocycles. The highest BCUT2D eigenvalue weighted by atomic mass is 127. The summed E-state index contributed by atoms with van der Waals surface area (Å²) in [7, 11) is 0. The largest absolute Gasteiger partial charge is 0.459 e. The van der Waals surface area contributed by atoms with Crippen LogP contribution in [0.5, 0.6) is 0 Å². The third-order valence-corrected chi connectivity index (χ3v) is 3.95. The molecule has 0 bridgehead atoms. The van der Waals surface area contributed by atoms with Gasteiger partial charge in [0.25, 0.3) is 0 Å². The van der Waals surface area contributed by atoms with Gasteiger partial charge in [0.15, 0.2) is 5.96 Å². The van der Waals surface area contributed by atoms with Crippen LogP contribution in [0, 0.1) is 5.92 Å². The number of carbonyl (C=O) groups is 2. The number of nitrogens with zero attached hydrogens (tertiary/aromatic N) is 1. The minimum absolute atomic E-state index is 0. The predicted octanol–water partition coefficient (Wildman–Crippen LogP) is 2.58. The topological polar surface area (TPSA) is 91.8 Å². The van der Waals surface area contributed by atoms with Crippen molar-refractivity contribution in [2.24, 2.45) is 10.9 Å². The molecule has 0 saturated heterocycles. The van der Waals surface area contributed by atoms with E-state index in [4.69, 9.17) is 4.74 Å². The Morgan fingerprint density at radius 1 is 1.22 bits per heavy atom. The molecule has 3 N–H and O–H groups in total. The number of esters is 1. The molecular weight excluding hydrogens is 459 g/mol. The van der Waals surface area contributed by atoms with Gasteiger partial charge in [0.1, 0.15) is 12.1 Å². The maximum absolute atomic E-state index is 12.3. The molecule has 0 radical (unpaired) electrons. The lowest BCUT2D eigenvalue weighted by molar-refractivity contribution is -0.152. The first kappa shape index (κ1) is 25.9. The Morgan fingerprint density at radius 2 is 1.89 bits per heavy atom. The molecule has 1 rings (SSSR count). The summed E-state index contributed by atoms with van der Waals surface area (Å²) in [5.74, 6) is 0.389. The van der Waals surface area contributed by atoms with Gasteiger partial charge < -0.3 is 20.7 Å². The van der Waals surface area contributed by atoms with E-state index < -0.39 is 5.60 Å². The molecule has 27 heavy (non-hydrogen) atoms. The number of amides is 1. The summed E-state index contributed by atoms with van der Waals surface area (Å²) in [6.07, 6.45) is 3.68. The van der Waals surface area contributed by atoms with Gasteiger partial charge in [-0.15, -0.1) is 24.0 Å². The first-order valence-corrected chi connectivity index (χ1v) is 9.67. The molecule has 1 saturated carbocycles. The highest BCUT2D eigenvalue weighted by Gasteiger charge is 2.28. The van der Waals surface area contributed by atoms with Crippen LogP contribution in [0.2, 0.25) is 0 Å². The van der Waals surface area contributed by atoms with Gasteiger partial charge in [-0.25, -0.2) is 4.99 Å². The number of halogens is 1. The second kappa shape index (κ2) is 12.4. The van der Waals surface area contributed by atoms with Gasteiger partial charge >= 0.3 is 5.97 Å². The zero-order valence-corrected chi connectivity index (χ0v) is 19.9. The first-order chi connectivity index (χ1) is 12.1. The van der Waals surface area contributed by atoms with Crippen molar-refractivity contribution in [3.05, 3.63) is 0 Å². The van der Waals surface area contributed by atoms with Crippen molar-refractivity contribution in [3.63, 3.8) is 0 Å². The number of carbonyl (C=O) groups excluding carboxylic acids is 2. The molecule has 0 spiro atoms. The lowest BCUT2D eigenvalue weighted by Crippen LogP contribution is -2.47. The van der Waals surface area contributed by atoms with Crippen molar-refractivity contribution in [2.75, 3.05) is 13.1 Å². The van der Waals surface area contributed by atoms with E-state index in [1.807, 2.05) is 41.5 Å². The van der Waals surface area contributed by atoms with E-state index in [1.54, 1.807) is 0 Å². The average Bonchev–Trinajstić information content (AvgIpc) is 2.51.